The van der Waals surface area contributed by atoms with Crippen LogP contribution in [0.25, 0.3) is 11.1 Å². The molecule has 1 aliphatic rings. The highest BCUT2D eigenvalue weighted by molar-refractivity contribution is 5.88. The zero-order valence-electron chi connectivity index (χ0n) is 17.1. The second-order valence-corrected chi connectivity index (χ2v) is 8.17. The molecule has 0 radical (unpaired) electrons. The molecule has 0 spiro atoms. The lowest BCUT2D eigenvalue weighted by atomic mass is 9.89. The van der Waals surface area contributed by atoms with Crippen molar-refractivity contribution in [3.8, 4) is 11.1 Å². The summed E-state index contributed by atoms with van der Waals surface area (Å²) < 4.78 is 0. The summed E-state index contributed by atoms with van der Waals surface area (Å²) in [5.74, 6) is -0.00957. The second-order valence-electron chi connectivity index (χ2n) is 8.17. The molecule has 3 nitrogen and oxygen atoms in total. The van der Waals surface area contributed by atoms with Crippen LogP contribution in [-0.4, -0.2) is 29.1 Å². The maximum atomic E-state index is 11.0. The Balaban J connectivity index is 1.63. The van der Waals surface area contributed by atoms with Crippen LogP contribution in [0, 0.1) is 5.92 Å². The van der Waals surface area contributed by atoms with Crippen molar-refractivity contribution in [2.24, 2.45) is 5.92 Å². The van der Waals surface area contributed by atoms with E-state index in [1.807, 2.05) is 12.1 Å². The molecule has 0 atom stereocenters. The van der Waals surface area contributed by atoms with E-state index < -0.39 is 5.97 Å². The molecular formula is C25H33NO2. The average molecular weight is 380 g/mol. The molecule has 0 heterocycles. The number of nitrogens with zero attached hydrogens (tertiary/aromatic N) is 1. The Morgan fingerprint density at radius 2 is 1.57 bits per heavy atom. The van der Waals surface area contributed by atoms with Crippen molar-refractivity contribution in [2.75, 3.05) is 13.1 Å². The van der Waals surface area contributed by atoms with Crippen LogP contribution in [0.4, 0.5) is 0 Å². The van der Waals surface area contributed by atoms with Crippen molar-refractivity contribution in [3.63, 3.8) is 0 Å². The van der Waals surface area contributed by atoms with Gasteiger partial charge >= 0.3 is 5.97 Å². The molecule has 3 rings (SSSR count). The molecule has 0 aliphatic heterocycles. The SMILES string of the molecule is CCCCN(Cc1ccc(-c2ccc(C(=O)O)cc2)cc1)CC1CCCCC1. The van der Waals surface area contributed by atoms with Crippen molar-refractivity contribution < 1.29 is 9.90 Å². The van der Waals surface area contributed by atoms with Crippen LogP contribution in [-0.2, 0) is 6.54 Å². The fourth-order valence-electron chi connectivity index (χ4n) is 4.22. The molecule has 3 heteroatoms. The minimum Gasteiger partial charge on any atom is -0.478 e. The molecule has 2 aromatic carbocycles. The summed E-state index contributed by atoms with van der Waals surface area (Å²) in [6.45, 7) is 5.71. The third-order valence-electron chi connectivity index (χ3n) is 5.89. The predicted molar refractivity (Wildman–Crippen MR) is 116 cm³/mol. The number of unbranched alkanes of at least 4 members (excludes halogenated alkanes) is 1. The van der Waals surface area contributed by atoms with Crippen molar-refractivity contribution >= 4 is 5.97 Å². The maximum absolute atomic E-state index is 11.0. The summed E-state index contributed by atoms with van der Waals surface area (Å²) in [6, 6.07) is 15.9. The van der Waals surface area contributed by atoms with E-state index in [4.69, 9.17) is 5.11 Å². The molecule has 0 saturated heterocycles. The van der Waals surface area contributed by atoms with Crippen molar-refractivity contribution in [1.82, 2.24) is 4.90 Å². The van der Waals surface area contributed by atoms with Crippen LogP contribution in [0.3, 0.4) is 0 Å². The molecule has 1 N–H and O–H groups in total. The summed E-state index contributed by atoms with van der Waals surface area (Å²) in [6.07, 6.45) is 9.53. The molecule has 0 bridgehead atoms. The first-order chi connectivity index (χ1) is 13.7. The first-order valence-corrected chi connectivity index (χ1v) is 10.8. The molecule has 1 saturated carbocycles. The van der Waals surface area contributed by atoms with Gasteiger partial charge in [0.05, 0.1) is 5.56 Å². The third kappa shape index (κ3) is 5.93. The van der Waals surface area contributed by atoms with Gasteiger partial charge < -0.3 is 5.11 Å². The molecule has 1 aliphatic carbocycles. The van der Waals surface area contributed by atoms with E-state index in [0.29, 0.717) is 5.56 Å². The van der Waals surface area contributed by atoms with Gasteiger partial charge in [0, 0.05) is 13.1 Å². The van der Waals surface area contributed by atoms with E-state index in [9.17, 15) is 4.79 Å². The van der Waals surface area contributed by atoms with E-state index in [0.717, 1.165) is 23.6 Å². The van der Waals surface area contributed by atoms with E-state index >= 15 is 0 Å². The van der Waals surface area contributed by atoms with Crippen LogP contribution in [0.1, 0.15) is 67.8 Å². The molecule has 150 valence electrons. The number of carbonyl (C=O) groups is 1. The van der Waals surface area contributed by atoms with E-state index in [1.165, 1.54) is 63.6 Å². The number of carboxylic acids is 1. The van der Waals surface area contributed by atoms with Gasteiger partial charge in [0.1, 0.15) is 0 Å². The first-order valence-electron chi connectivity index (χ1n) is 10.8. The van der Waals surface area contributed by atoms with Gasteiger partial charge in [0.25, 0.3) is 0 Å². The van der Waals surface area contributed by atoms with E-state index in [1.54, 1.807) is 12.1 Å². The highest BCUT2D eigenvalue weighted by atomic mass is 16.4. The number of carboxylic acid groups (broad SMARTS) is 1. The number of benzene rings is 2. The number of hydrogen-bond acceptors (Lipinski definition) is 2. The Kier molecular flexibility index (Phi) is 7.67. The Hall–Kier alpha value is -2.13. The topological polar surface area (TPSA) is 40.5 Å². The van der Waals surface area contributed by atoms with Gasteiger partial charge in [-0.25, -0.2) is 4.79 Å². The molecular weight excluding hydrogens is 346 g/mol. The standard InChI is InChI=1S/C25H33NO2/c1-2-3-17-26(18-20-7-5-4-6-8-20)19-21-9-11-22(12-10-21)23-13-15-24(16-14-23)25(27)28/h9-16,20H,2-8,17-19H2,1H3,(H,27,28). The molecule has 0 unspecified atom stereocenters. The Morgan fingerprint density at radius 1 is 0.964 bits per heavy atom. The van der Waals surface area contributed by atoms with Gasteiger partial charge in [-0.1, -0.05) is 69.0 Å². The third-order valence-corrected chi connectivity index (χ3v) is 5.89. The molecule has 2 aromatic rings. The molecule has 0 aromatic heterocycles. The Bertz CT molecular complexity index is 730. The second kappa shape index (κ2) is 10.4. The van der Waals surface area contributed by atoms with E-state index in [2.05, 4.69) is 36.1 Å². The quantitative estimate of drug-likeness (QED) is 0.561. The largest absolute Gasteiger partial charge is 0.478 e. The summed E-state index contributed by atoms with van der Waals surface area (Å²) in [4.78, 5) is 13.7. The van der Waals surface area contributed by atoms with Gasteiger partial charge in [-0.2, -0.15) is 0 Å². The van der Waals surface area contributed by atoms with Gasteiger partial charge in [0.2, 0.25) is 0 Å². The normalized spacial score (nSPS) is 15.1. The van der Waals surface area contributed by atoms with Crippen molar-refractivity contribution in [2.45, 2.75) is 58.4 Å². The summed E-state index contributed by atoms with van der Waals surface area (Å²) in [5, 5.41) is 9.04. The minimum atomic E-state index is -0.882. The average Bonchev–Trinajstić information content (AvgIpc) is 2.73. The zero-order chi connectivity index (χ0) is 19.8. The smallest absolute Gasteiger partial charge is 0.335 e. The fraction of sp³-hybridized carbons (Fsp3) is 0.480. The van der Waals surface area contributed by atoms with Crippen LogP contribution >= 0.6 is 0 Å². The van der Waals surface area contributed by atoms with Crippen LogP contribution in [0.2, 0.25) is 0 Å². The number of aromatic carboxylic acids is 1. The molecule has 1 fully saturated rings. The van der Waals surface area contributed by atoms with Crippen molar-refractivity contribution in [3.05, 3.63) is 59.7 Å². The van der Waals surface area contributed by atoms with Crippen molar-refractivity contribution in [1.29, 1.82) is 0 Å². The minimum absolute atomic E-state index is 0.328. The number of hydrogen-bond donors (Lipinski definition) is 1. The lowest BCUT2D eigenvalue weighted by Gasteiger charge is -2.30. The Morgan fingerprint density at radius 3 is 2.14 bits per heavy atom. The molecule has 28 heavy (non-hydrogen) atoms. The van der Waals surface area contributed by atoms with Gasteiger partial charge in [-0.05, 0) is 60.5 Å². The van der Waals surface area contributed by atoms with E-state index in [-0.39, 0.29) is 0 Å². The zero-order valence-corrected chi connectivity index (χ0v) is 17.1. The first kappa shape index (κ1) is 20.6. The maximum Gasteiger partial charge on any atom is 0.335 e. The summed E-state index contributed by atoms with van der Waals surface area (Å²) >= 11 is 0. The fourth-order valence-corrected chi connectivity index (χ4v) is 4.22. The van der Waals surface area contributed by atoms with Gasteiger partial charge in [-0.3, -0.25) is 4.90 Å². The van der Waals surface area contributed by atoms with Gasteiger partial charge in [-0.15, -0.1) is 0 Å². The Labute approximate surface area is 169 Å². The highest BCUT2D eigenvalue weighted by Gasteiger charge is 2.17. The lowest BCUT2D eigenvalue weighted by molar-refractivity contribution is 0.0697. The monoisotopic (exact) mass is 379 g/mol. The predicted octanol–water partition coefficient (Wildman–Crippen LogP) is 6.23. The highest BCUT2D eigenvalue weighted by Crippen LogP contribution is 2.26. The van der Waals surface area contributed by atoms with Crippen LogP contribution < -0.4 is 0 Å². The molecule has 0 amide bonds. The number of rotatable bonds is 9. The van der Waals surface area contributed by atoms with Crippen LogP contribution in [0.15, 0.2) is 48.5 Å². The van der Waals surface area contributed by atoms with Crippen LogP contribution in [0.5, 0.6) is 0 Å². The lowest BCUT2D eigenvalue weighted by Crippen LogP contribution is -2.31. The summed E-state index contributed by atoms with van der Waals surface area (Å²) in [7, 11) is 0. The summed E-state index contributed by atoms with van der Waals surface area (Å²) in [5.41, 5.74) is 3.88. The van der Waals surface area contributed by atoms with Gasteiger partial charge in [0.15, 0.2) is 0 Å².